The summed E-state index contributed by atoms with van der Waals surface area (Å²) in [6, 6.07) is 5.02. The summed E-state index contributed by atoms with van der Waals surface area (Å²) in [5, 5.41) is 8.97. The summed E-state index contributed by atoms with van der Waals surface area (Å²) in [6.07, 6.45) is 3.15. The van der Waals surface area contributed by atoms with Gasteiger partial charge in [0, 0.05) is 6.04 Å². The number of carboxylic acid groups (broad SMARTS) is 1. The molecule has 0 amide bonds. The van der Waals surface area contributed by atoms with E-state index in [0.717, 1.165) is 24.8 Å². The van der Waals surface area contributed by atoms with Gasteiger partial charge in [0.25, 0.3) is 0 Å². The van der Waals surface area contributed by atoms with E-state index in [1.807, 2.05) is 0 Å². The molecule has 5 heteroatoms. The molecule has 2 unspecified atom stereocenters. The Morgan fingerprint density at radius 1 is 1.42 bits per heavy atom. The van der Waals surface area contributed by atoms with Crippen LogP contribution in [0.2, 0.25) is 0 Å². The molecule has 1 aliphatic rings. The van der Waals surface area contributed by atoms with E-state index in [1.54, 1.807) is 16.7 Å². The summed E-state index contributed by atoms with van der Waals surface area (Å²) >= 11 is 0. The predicted octanol–water partition coefficient (Wildman–Crippen LogP) is 2.39. The van der Waals surface area contributed by atoms with Gasteiger partial charge in [-0.25, -0.2) is 9.59 Å². The molecule has 0 radical (unpaired) electrons. The van der Waals surface area contributed by atoms with Gasteiger partial charge in [0.15, 0.2) is 0 Å². The van der Waals surface area contributed by atoms with Crippen LogP contribution in [0.1, 0.15) is 42.6 Å². The molecule has 0 bridgehead atoms. The number of hydrogen-bond acceptors (Lipinski definition) is 2. The quantitative estimate of drug-likeness (QED) is 0.870. The fourth-order valence-corrected chi connectivity index (χ4v) is 3.04. The van der Waals surface area contributed by atoms with E-state index in [-0.39, 0.29) is 17.3 Å². The lowest BCUT2D eigenvalue weighted by Gasteiger charge is -2.11. The number of aromatic nitrogens is 2. The van der Waals surface area contributed by atoms with Crippen LogP contribution in [-0.2, 0) is 0 Å². The highest BCUT2D eigenvalue weighted by Crippen LogP contribution is 2.34. The lowest BCUT2D eigenvalue weighted by atomic mass is 10.1. The van der Waals surface area contributed by atoms with Gasteiger partial charge in [-0.3, -0.25) is 4.57 Å². The van der Waals surface area contributed by atoms with Gasteiger partial charge in [-0.1, -0.05) is 6.92 Å². The first-order valence-corrected chi connectivity index (χ1v) is 6.54. The Labute approximate surface area is 109 Å². The third kappa shape index (κ3) is 1.95. The summed E-state index contributed by atoms with van der Waals surface area (Å²) < 4.78 is 1.78. The zero-order chi connectivity index (χ0) is 13.6. The van der Waals surface area contributed by atoms with Crippen LogP contribution in [0, 0.1) is 5.92 Å². The van der Waals surface area contributed by atoms with Crippen LogP contribution in [0.3, 0.4) is 0 Å². The Morgan fingerprint density at radius 2 is 2.21 bits per heavy atom. The van der Waals surface area contributed by atoms with Gasteiger partial charge in [0.2, 0.25) is 0 Å². The van der Waals surface area contributed by atoms with Crippen molar-refractivity contribution in [1.29, 1.82) is 0 Å². The molecule has 5 nitrogen and oxygen atoms in total. The second-order valence-electron chi connectivity index (χ2n) is 5.41. The monoisotopic (exact) mass is 260 g/mol. The lowest BCUT2D eigenvalue weighted by molar-refractivity contribution is 0.0697. The minimum atomic E-state index is -0.981. The molecule has 1 fully saturated rings. The first-order valence-electron chi connectivity index (χ1n) is 6.54. The maximum absolute atomic E-state index is 12.1. The molecule has 2 aromatic rings. The number of rotatable bonds is 2. The molecule has 3 rings (SSSR count). The van der Waals surface area contributed by atoms with E-state index in [4.69, 9.17) is 5.11 Å². The molecule has 2 N–H and O–H groups in total. The number of aromatic amines is 1. The number of carboxylic acids is 1. The minimum Gasteiger partial charge on any atom is -0.478 e. The molecule has 1 aromatic carbocycles. The minimum absolute atomic E-state index is 0.142. The van der Waals surface area contributed by atoms with Gasteiger partial charge < -0.3 is 10.1 Å². The van der Waals surface area contributed by atoms with Gasteiger partial charge in [-0.2, -0.15) is 0 Å². The SMILES string of the molecule is CC1CCC(n2c(=O)[nH]c3cc(C(=O)O)ccc32)C1. The molecule has 19 heavy (non-hydrogen) atoms. The van der Waals surface area contributed by atoms with E-state index in [9.17, 15) is 9.59 Å². The highest BCUT2D eigenvalue weighted by atomic mass is 16.4. The van der Waals surface area contributed by atoms with Crippen LogP contribution in [0.15, 0.2) is 23.0 Å². The molecular formula is C14H16N2O3. The maximum Gasteiger partial charge on any atom is 0.335 e. The second-order valence-corrected chi connectivity index (χ2v) is 5.41. The normalized spacial score (nSPS) is 23.0. The molecule has 100 valence electrons. The van der Waals surface area contributed by atoms with Crippen molar-refractivity contribution in [1.82, 2.24) is 9.55 Å². The smallest absolute Gasteiger partial charge is 0.335 e. The summed E-state index contributed by atoms with van der Waals surface area (Å²) in [5.74, 6) is -0.342. The number of fused-ring (bicyclic) bond motifs is 1. The fourth-order valence-electron chi connectivity index (χ4n) is 3.04. The van der Waals surface area contributed by atoms with Crippen molar-refractivity contribution in [2.45, 2.75) is 32.2 Å². The highest BCUT2D eigenvalue weighted by Gasteiger charge is 2.25. The van der Waals surface area contributed by atoms with E-state index in [0.29, 0.717) is 11.4 Å². The number of nitrogens with one attached hydrogen (secondary N) is 1. The topological polar surface area (TPSA) is 75.1 Å². The number of nitrogens with zero attached hydrogens (tertiary/aromatic N) is 1. The van der Waals surface area contributed by atoms with Crippen molar-refractivity contribution in [3.63, 3.8) is 0 Å². The zero-order valence-electron chi connectivity index (χ0n) is 10.7. The summed E-state index contributed by atoms with van der Waals surface area (Å²) in [5.41, 5.74) is 1.45. The molecule has 0 saturated heterocycles. The zero-order valence-corrected chi connectivity index (χ0v) is 10.7. The molecular weight excluding hydrogens is 244 g/mol. The number of carbonyl (C=O) groups is 1. The summed E-state index contributed by atoms with van der Waals surface area (Å²) in [7, 11) is 0. The van der Waals surface area contributed by atoms with Gasteiger partial charge >= 0.3 is 11.7 Å². The number of hydrogen-bond donors (Lipinski definition) is 2. The Morgan fingerprint density at radius 3 is 2.84 bits per heavy atom. The van der Waals surface area contributed by atoms with Crippen molar-refractivity contribution < 1.29 is 9.90 Å². The second kappa shape index (κ2) is 4.26. The number of H-pyrrole nitrogens is 1. The average molecular weight is 260 g/mol. The number of imidazole rings is 1. The molecule has 1 aromatic heterocycles. The molecule has 2 atom stereocenters. The maximum atomic E-state index is 12.1. The average Bonchev–Trinajstić information content (AvgIpc) is 2.90. The molecule has 1 aliphatic carbocycles. The van der Waals surface area contributed by atoms with Crippen molar-refractivity contribution in [3.8, 4) is 0 Å². The van der Waals surface area contributed by atoms with Gasteiger partial charge in [-0.15, -0.1) is 0 Å². The molecule has 0 spiro atoms. The van der Waals surface area contributed by atoms with Crippen molar-refractivity contribution in [2.24, 2.45) is 5.92 Å². The Kier molecular flexibility index (Phi) is 2.69. The third-order valence-corrected chi connectivity index (χ3v) is 4.00. The van der Waals surface area contributed by atoms with Crippen LogP contribution >= 0.6 is 0 Å². The molecule has 1 saturated carbocycles. The van der Waals surface area contributed by atoms with Gasteiger partial charge in [0.05, 0.1) is 16.6 Å². The number of aromatic carboxylic acids is 1. The summed E-state index contributed by atoms with van der Waals surface area (Å²) in [4.78, 5) is 25.8. The lowest BCUT2D eigenvalue weighted by Crippen LogP contribution is -2.20. The first kappa shape index (κ1) is 12.0. The standard InChI is InChI=1S/C14H16N2O3/c1-8-2-4-10(6-8)16-12-5-3-9(13(17)18)7-11(12)15-14(16)19/h3,5,7-8,10H,2,4,6H2,1H3,(H,15,19)(H,17,18). The van der Waals surface area contributed by atoms with Crippen LogP contribution < -0.4 is 5.69 Å². The summed E-state index contributed by atoms with van der Waals surface area (Å²) in [6.45, 7) is 2.20. The third-order valence-electron chi connectivity index (χ3n) is 4.00. The van der Waals surface area contributed by atoms with Crippen LogP contribution in [-0.4, -0.2) is 20.6 Å². The van der Waals surface area contributed by atoms with E-state index >= 15 is 0 Å². The van der Waals surface area contributed by atoms with E-state index < -0.39 is 5.97 Å². The van der Waals surface area contributed by atoms with Crippen LogP contribution in [0.25, 0.3) is 11.0 Å². The Balaban J connectivity index is 2.13. The van der Waals surface area contributed by atoms with E-state index in [1.165, 1.54) is 6.07 Å². The van der Waals surface area contributed by atoms with Crippen molar-refractivity contribution in [2.75, 3.05) is 0 Å². The van der Waals surface area contributed by atoms with Crippen molar-refractivity contribution >= 4 is 17.0 Å². The van der Waals surface area contributed by atoms with Crippen LogP contribution in [0.5, 0.6) is 0 Å². The predicted molar refractivity (Wildman–Crippen MR) is 71.6 cm³/mol. The first-order chi connectivity index (χ1) is 9.06. The Hall–Kier alpha value is -2.04. The van der Waals surface area contributed by atoms with Crippen molar-refractivity contribution in [3.05, 3.63) is 34.2 Å². The largest absolute Gasteiger partial charge is 0.478 e. The van der Waals surface area contributed by atoms with Gasteiger partial charge in [0.1, 0.15) is 0 Å². The number of benzene rings is 1. The van der Waals surface area contributed by atoms with Gasteiger partial charge in [-0.05, 0) is 43.4 Å². The fraction of sp³-hybridized carbons (Fsp3) is 0.429. The molecule has 1 heterocycles. The molecule has 0 aliphatic heterocycles. The van der Waals surface area contributed by atoms with E-state index in [2.05, 4.69) is 11.9 Å². The Bertz CT molecular complexity index is 698. The van der Waals surface area contributed by atoms with Crippen LogP contribution in [0.4, 0.5) is 0 Å². The highest BCUT2D eigenvalue weighted by molar-refractivity contribution is 5.92.